The van der Waals surface area contributed by atoms with Crippen LogP contribution in [0.15, 0.2) is 18.2 Å². The van der Waals surface area contributed by atoms with Crippen molar-refractivity contribution >= 4 is 28.6 Å². The zero-order chi connectivity index (χ0) is 24.4. The summed E-state index contributed by atoms with van der Waals surface area (Å²) < 4.78 is 34.9. The molecule has 0 unspecified atom stereocenters. The van der Waals surface area contributed by atoms with E-state index >= 15 is 0 Å². The topological polar surface area (TPSA) is 122 Å². The molecular formula is C22H29F2N9O2. The van der Waals surface area contributed by atoms with Crippen LogP contribution in [0.1, 0.15) is 18.7 Å². The fourth-order valence-electron chi connectivity index (χ4n) is 4.45. The predicted molar refractivity (Wildman–Crippen MR) is 127 cm³/mol. The number of para-hydroxylation sites is 1. The molecule has 0 bridgehead atoms. The molecule has 0 saturated carbocycles. The van der Waals surface area contributed by atoms with Gasteiger partial charge in [-0.25, -0.2) is 13.8 Å². The molecule has 13 heteroatoms. The molecule has 0 radical (unpaired) electrons. The molecule has 4 heterocycles. The number of anilines is 3. The van der Waals surface area contributed by atoms with Crippen LogP contribution in [0, 0.1) is 0 Å². The average Bonchev–Trinajstić information content (AvgIpc) is 3.29. The molecule has 11 nitrogen and oxygen atoms in total. The summed E-state index contributed by atoms with van der Waals surface area (Å²) in [5.41, 5.74) is 7.05. The molecule has 188 valence electrons. The summed E-state index contributed by atoms with van der Waals surface area (Å²) in [4.78, 5) is 24.4. The Morgan fingerprint density at radius 1 is 0.914 bits per heavy atom. The van der Waals surface area contributed by atoms with Gasteiger partial charge in [0.1, 0.15) is 5.52 Å². The van der Waals surface area contributed by atoms with Crippen molar-refractivity contribution in [3.8, 4) is 5.95 Å². The first-order valence-electron chi connectivity index (χ1n) is 11.8. The number of halogens is 2. The summed E-state index contributed by atoms with van der Waals surface area (Å²) in [6.07, 6.45) is -2.12. The van der Waals surface area contributed by atoms with Crippen molar-refractivity contribution in [3.63, 3.8) is 0 Å². The summed E-state index contributed by atoms with van der Waals surface area (Å²) in [6.45, 7) is 6.19. The second kappa shape index (κ2) is 10.2. The monoisotopic (exact) mass is 489 g/mol. The highest BCUT2D eigenvalue weighted by Gasteiger charge is 2.27. The molecule has 3 aromatic rings. The van der Waals surface area contributed by atoms with Crippen molar-refractivity contribution in [2.75, 3.05) is 81.2 Å². The number of nitrogens with zero attached hydrogens (tertiary/aromatic N) is 8. The van der Waals surface area contributed by atoms with Crippen LogP contribution in [0.2, 0.25) is 0 Å². The molecular weight excluding hydrogens is 460 g/mol. The summed E-state index contributed by atoms with van der Waals surface area (Å²) in [6, 6.07) is 5.01. The first kappa shape index (κ1) is 23.6. The van der Waals surface area contributed by atoms with E-state index in [1.807, 2.05) is 9.80 Å². The number of imidazole rings is 1. The Labute approximate surface area is 201 Å². The number of alkyl halides is 2. The standard InChI is InChI=1S/C22H29F2N9O2/c23-18(24)19-26-17-15(25)3-1-4-16(17)33(19)22-28-20(27-21(29-22)32-10-13-35-14-11-32)31-8-6-30(7-9-31)5-2-12-34/h1,3-4,18,34H,2,5-14,25H2. The number of nitrogens with two attached hydrogens (primary N) is 1. The van der Waals surface area contributed by atoms with Crippen LogP contribution in [-0.4, -0.2) is 100 Å². The molecule has 1 aromatic carbocycles. The smallest absolute Gasteiger partial charge is 0.296 e. The fraction of sp³-hybridized carbons (Fsp3) is 0.545. The zero-order valence-electron chi connectivity index (χ0n) is 19.4. The maximum Gasteiger partial charge on any atom is 0.296 e. The maximum absolute atomic E-state index is 14.1. The number of rotatable bonds is 7. The number of hydrogen-bond acceptors (Lipinski definition) is 10. The highest BCUT2D eigenvalue weighted by Crippen LogP contribution is 2.30. The van der Waals surface area contributed by atoms with E-state index in [1.54, 1.807) is 18.2 Å². The van der Waals surface area contributed by atoms with Gasteiger partial charge in [0, 0.05) is 52.4 Å². The predicted octanol–water partition coefficient (Wildman–Crippen LogP) is 1.07. The lowest BCUT2D eigenvalue weighted by Gasteiger charge is -2.35. The van der Waals surface area contributed by atoms with E-state index in [-0.39, 0.29) is 18.1 Å². The van der Waals surface area contributed by atoms with Gasteiger partial charge in [-0.1, -0.05) is 6.07 Å². The Hall–Kier alpha value is -3.16. The molecule has 2 fully saturated rings. The third-order valence-electron chi connectivity index (χ3n) is 6.32. The van der Waals surface area contributed by atoms with Gasteiger partial charge in [-0.05, 0) is 18.6 Å². The van der Waals surface area contributed by atoms with Crippen LogP contribution in [0.4, 0.5) is 26.4 Å². The molecule has 0 spiro atoms. The minimum absolute atomic E-state index is 0.0857. The largest absolute Gasteiger partial charge is 0.397 e. The van der Waals surface area contributed by atoms with E-state index < -0.39 is 12.2 Å². The molecule has 2 aliphatic heterocycles. The van der Waals surface area contributed by atoms with Gasteiger partial charge in [-0.2, -0.15) is 15.0 Å². The molecule has 0 amide bonds. The van der Waals surface area contributed by atoms with Gasteiger partial charge >= 0.3 is 0 Å². The average molecular weight is 490 g/mol. The molecule has 5 rings (SSSR count). The first-order chi connectivity index (χ1) is 17.0. The van der Waals surface area contributed by atoms with Crippen LogP contribution in [-0.2, 0) is 4.74 Å². The molecule has 0 aliphatic carbocycles. The highest BCUT2D eigenvalue weighted by molar-refractivity contribution is 5.88. The third-order valence-corrected chi connectivity index (χ3v) is 6.32. The summed E-state index contributed by atoms with van der Waals surface area (Å²) in [5.74, 6) is 0.477. The quantitative estimate of drug-likeness (QED) is 0.466. The van der Waals surface area contributed by atoms with Gasteiger partial charge in [0.05, 0.1) is 24.4 Å². The van der Waals surface area contributed by atoms with Crippen molar-refractivity contribution in [1.29, 1.82) is 0 Å². The molecule has 35 heavy (non-hydrogen) atoms. The zero-order valence-corrected chi connectivity index (χ0v) is 19.4. The van der Waals surface area contributed by atoms with Gasteiger partial charge in [0.25, 0.3) is 6.43 Å². The minimum atomic E-state index is -2.84. The number of morpholine rings is 1. The van der Waals surface area contributed by atoms with Crippen LogP contribution >= 0.6 is 0 Å². The Morgan fingerprint density at radius 3 is 2.23 bits per heavy atom. The van der Waals surface area contributed by atoms with Gasteiger partial charge in [-0.3, -0.25) is 9.47 Å². The summed E-state index contributed by atoms with van der Waals surface area (Å²) in [7, 11) is 0. The number of aliphatic hydroxyl groups excluding tert-OH is 1. The Morgan fingerprint density at radius 2 is 1.57 bits per heavy atom. The Bertz CT molecular complexity index is 1160. The van der Waals surface area contributed by atoms with Gasteiger partial charge in [0.15, 0.2) is 5.82 Å². The van der Waals surface area contributed by atoms with Gasteiger partial charge < -0.3 is 25.4 Å². The maximum atomic E-state index is 14.1. The lowest BCUT2D eigenvalue weighted by Crippen LogP contribution is -2.47. The lowest BCUT2D eigenvalue weighted by atomic mass is 10.3. The van der Waals surface area contributed by atoms with Crippen LogP contribution in [0.3, 0.4) is 0 Å². The van der Waals surface area contributed by atoms with E-state index in [4.69, 9.17) is 20.6 Å². The van der Waals surface area contributed by atoms with Crippen molar-refractivity contribution < 1.29 is 18.6 Å². The molecule has 2 saturated heterocycles. The van der Waals surface area contributed by atoms with E-state index in [1.165, 1.54) is 4.57 Å². The number of hydrogen-bond donors (Lipinski definition) is 2. The first-order valence-corrected chi connectivity index (χ1v) is 11.8. The Kier molecular flexibility index (Phi) is 6.88. The van der Waals surface area contributed by atoms with Crippen molar-refractivity contribution in [2.45, 2.75) is 12.8 Å². The summed E-state index contributed by atoms with van der Waals surface area (Å²) >= 11 is 0. The third kappa shape index (κ3) is 4.83. The lowest BCUT2D eigenvalue weighted by molar-refractivity contribution is 0.122. The second-order valence-corrected chi connectivity index (χ2v) is 8.56. The van der Waals surface area contributed by atoms with E-state index in [0.717, 1.165) is 26.1 Å². The van der Waals surface area contributed by atoms with E-state index in [2.05, 4.69) is 19.9 Å². The summed E-state index contributed by atoms with van der Waals surface area (Å²) in [5, 5.41) is 9.11. The van der Waals surface area contributed by atoms with E-state index in [0.29, 0.717) is 62.5 Å². The number of aromatic nitrogens is 5. The van der Waals surface area contributed by atoms with Crippen molar-refractivity contribution in [1.82, 2.24) is 29.4 Å². The number of benzene rings is 1. The van der Waals surface area contributed by atoms with Gasteiger partial charge in [-0.15, -0.1) is 0 Å². The van der Waals surface area contributed by atoms with Gasteiger partial charge in [0.2, 0.25) is 17.8 Å². The molecule has 3 N–H and O–H groups in total. The molecule has 2 aliphatic rings. The number of fused-ring (bicyclic) bond motifs is 1. The second-order valence-electron chi connectivity index (χ2n) is 8.56. The number of ether oxygens (including phenoxy) is 1. The fourth-order valence-corrected chi connectivity index (χ4v) is 4.45. The van der Waals surface area contributed by atoms with Crippen molar-refractivity contribution in [2.24, 2.45) is 0 Å². The minimum Gasteiger partial charge on any atom is -0.397 e. The van der Waals surface area contributed by atoms with Crippen LogP contribution < -0.4 is 15.5 Å². The molecule has 0 atom stereocenters. The van der Waals surface area contributed by atoms with Crippen LogP contribution in [0.25, 0.3) is 17.0 Å². The Balaban J connectivity index is 1.57. The number of aliphatic hydroxyl groups is 1. The van der Waals surface area contributed by atoms with E-state index in [9.17, 15) is 8.78 Å². The molecule has 2 aromatic heterocycles. The number of piperazine rings is 1. The van der Waals surface area contributed by atoms with Crippen molar-refractivity contribution in [3.05, 3.63) is 24.0 Å². The van der Waals surface area contributed by atoms with Crippen LogP contribution in [0.5, 0.6) is 0 Å². The SMILES string of the molecule is Nc1cccc2c1nc(C(F)F)n2-c1nc(N2CCOCC2)nc(N2CCN(CCCO)CC2)n1. The number of nitrogen functional groups attached to an aromatic ring is 1. The normalized spacial score (nSPS) is 17.6. The highest BCUT2D eigenvalue weighted by atomic mass is 19.3.